The summed E-state index contributed by atoms with van der Waals surface area (Å²) in [5, 5.41) is 0. The summed E-state index contributed by atoms with van der Waals surface area (Å²) in [4.78, 5) is 24.7. The standard InChI is InChI=1S/C19H22N4O3/c24-18-12-26-19(14-23(18)17-2-1-5-21-10-17)13-22(8-9-25-15-19)11-16-3-6-20-7-4-16/h1-7,10H,8-9,11-15H2/t19-/m1/s1. The third kappa shape index (κ3) is 3.75. The average molecular weight is 354 g/mol. The lowest BCUT2D eigenvalue weighted by Gasteiger charge is -2.43. The first kappa shape index (κ1) is 17.1. The van der Waals surface area contributed by atoms with Gasteiger partial charge in [0.2, 0.25) is 0 Å². The Morgan fingerprint density at radius 1 is 1.12 bits per heavy atom. The average Bonchev–Trinajstić information content (AvgIpc) is 2.88. The first-order chi connectivity index (χ1) is 12.7. The van der Waals surface area contributed by atoms with Gasteiger partial charge in [-0.3, -0.25) is 19.7 Å². The molecule has 1 spiro atoms. The Morgan fingerprint density at radius 3 is 2.81 bits per heavy atom. The van der Waals surface area contributed by atoms with Gasteiger partial charge < -0.3 is 14.4 Å². The van der Waals surface area contributed by atoms with Gasteiger partial charge in [0.1, 0.15) is 12.2 Å². The smallest absolute Gasteiger partial charge is 0.253 e. The van der Waals surface area contributed by atoms with E-state index in [-0.39, 0.29) is 12.5 Å². The highest BCUT2D eigenvalue weighted by Gasteiger charge is 2.43. The number of rotatable bonds is 3. The first-order valence-electron chi connectivity index (χ1n) is 8.77. The monoisotopic (exact) mass is 354 g/mol. The normalized spacial score (nSPS) is 24.6. The molecule has 4 heterocycles. The molecule has 2 fully saturated rings. The Bertz CT molecular complexity index is 743. The van der Waals surface area contributed by atoms with Crippen LogP contribution in [0.15, 0.2) is 49.1 Å². The Balaban J connectivity index is 1.53. The van der Waals surface area contributed by atoms with Gasteiger partial charge in [0.25, 0.3) is 5.91 Å². The molecule has 2 aromatic rings. The molecule has 0 saturated carbocycles. The van der Waals surface area contributed by atoms with E-state index in [1.165, 1.54) is 5.56 Å². The van der Waals surface area contributed by atoms with E-state index >= 15 is 0 Å². The molecule has 2 saturated heterocycles. The molecule has 1 atom stereocenters. The van der Waals surface area contributed by atoms with E-state index in [4.69, 9.17) is 9.47 Å². The fourth-order valence-corrected chi connectivity index (χ4v) is 3.51. The van der Waals surface area contributed by atoms with Crippen LogP contribution in [0.5, 0.6) is 0 Å². The fraction of sp³-hybridized carbons (Fsp3) is 0.421. The molecule has 0 bridgehead atoms. The zero-order valence-corrected chi connectivity index (χ0v) is 14.6. The summed E-state index contributed by atoms with van der Waals surface area (Å²) >= 11 is 0. The number of hydrogen-bond acceptors (Lipinski definition) is 6. The van der Waals surface area contributed by atoms with E-state index in [0.717, 1.165) is 18.8 Å². The minimum Gasteiger partial charge on any atom is -0.377 e. The van der Waals surface area contributed by atoms with Crippen molar-refractivity contribution >= 4 is 11.6 Å². The van der Waals surface area contributed by atoms with Gasteiger partial charge in [0.05, 0.1) is 31.6 Å². The molecule has 4 rings (SSSR count). The molecule has 0 unspecified atom stereocenters. The molecule has 136 valence electrons. The summed E-state index contributed by atoms with van der Waals surface area (Å²) in [6.07, 6.45) is 7.03. The Morgan fingerprint density at radius 2 is 2.00 bits per heavy atom. The number of ether oxygens (including phenoxy) is 2. The molecule has 7 nitrogen and oxygen atoms in total. The van der Waals surface area contributed by atoms with Gasteiger partial charge in [-0.05, 0) is 29.8 Å². The summed E-state index contributed by atoms with van der Waals surface area (Å²) in [5.74, 6) is -0.0476. The molecule has 0 aliphatic carbocycles. The van der Waals surface area contributed by atoms with Crippen molar-refractivity contribution in [3.8, 4) is 0 Å². The van der Waals surface area contributed by atoms with Crippen molar-refractivity contribution in [2.24, 2.45) is 0 Å². The molecule has 0 radical (unpaired) electrons. The minimum absolute atomic E-state index is 0.0476. The highest BCUT2D eigenvalue weighted by molar-refractivity contribution is 5.95. The second kappa shape index (κ2) is 7.49. The zero-order chi connectivity index (χ0) is 17.8. The number of hydrogen-bond donors (Lipinski definition) is 0. The van der Waals surface area contributed by atoms with Crippen LogP contribution in [0.2, 0.25) is 0 Å². The van der Waals surface area contributed by atoms with Crippen molar-refractivity contribution in [2.45, 2.75) is 12.1 Å². The number of morpholine rings is 1. The van der Waals surface area contributed by atoms with Crippen molar-refractivity contribution in [1.82, 2.24) is 14.9 Å². The number of carbonyl (C=O) groups is 1. The summed E-state index contributed by atoms with van der Waals surface area (Å²) in [5.41, 5.74) is 1.46. The van der Waals surface area contributed by atoms with Crippen molar-refractivity contribution < 1.29 is 14.3 Å². The molecule has 26 heavy (non-hydrogen) atoms. The Labute approximate surface area is 152 Å². The SMILES string of the molecule is O=C1CO[C@@]2(COCCN(Cc3ccncc3)C2)CN1c1cccnc1. The van der Waals surface area contributed by atoms with Crippen LogP contribution in [0.3, 0.4) is 0 Å². The molecular weight excluding hydrogens is 332 g/mol. The van der Waals surface area contributed by atoms with Crippen LogP contribution < -0.4 is 4.90 Å². The molecule has 2 aromatic heterocycles. The number of carbonyl (C=O) groups excluding carboxylic acids is 1. The van der Waals surface area contributed by atoms with Crippen molar-refractivity contribution in [1.29, 1.82) is 0 Å². The largest absolute Gasteiger partial charge is 0.377 e. The maximum atomic E-state index is 12.4. The molecular formula is C19H22N4O3. The van der Waals surface area contributed by atoms with Crippen LogP contribution in [0.4, 0.5) is 5.69 Å². The summed E-state index contributed by atoms with van der Waals surface area (Å²) < 4.78 is 11.9. The van der Waals surface area contributed by atoms with Crippen LogP contribution in [0.1, 0.15) is 5.56 Å². The molecule has 0 N–H and O–H groups in total. The molecule has 2 aliphatic heterocycles. The zero-order valence-electron chi connectivity index (χ0n) is 14.6. The maximum Gasteiger partial charge on any atom is 0.253 e. The predicted octanol–water partition coefficient (Wildman–Crippen LogP) is 1.11. The van der Waals surface area contributed by atoms with E-state index < -0.39 is 5.60 Å². The maximum absolute atomic E-state index is 12.4. The third-order valence-electron chi connectivity index (χ3n) is 4.79. The Hall–Kier alpha value is -2.35. The number of aromatic nitrogens is 2. The number of pyridine rings is 2. The predicted molar refractivity (Wildman–Crippen MR) is 95.6 cm³/mol. The van der Waals surface area contributed by atoms with Gasteiger partial charge in [0.15, 0.2) is 0 Å². The molecule has 2 aliphatic rings. The topological polar surface area (TPSA) is 67.8 Å². The summed E-state index contributed by atoms with van der Waals surface area (Å²) in [6, 6.07) is 7.78. The molecule has 7 heteroatoms. The van der Waals surface area contributed by atoms with Crippen LogP contribution in [0, 0.1) is 0 Å². The van der Waals surface area contributed by atoms with Crippen LogP contribution in [0.25, 0.3) is 0 Å². The highest BCUT2D eigenvalue weighted by Crippen LogP contribution is 2.27. The Kier molecular flexibility index (Phi) is 4.92. The van der Waals surface area contributed by atoms with Gasteiger partial charge in [-0.1, -0.05) is 0 Å². The van der Waals surface area contributed by atoms with Gasteiger partial charge in [-0.2, -0.15) is 0 Å². The van der Waals surface area contributed by atoms with E-state index in [1.54, 1.807) is 29.7 Å². The number of anilines is 1. The van der Waals surface area contributed by atoms with E-state index in [0.29, 0.717) is 26.3 Å². The van der Waals surface area contributed by atoms with Crippen LogP contribution in [-0.2, 0) is 20.8 Å². The summed E-state index contributed by atoms with van der Waals surface area (Å²) in [7, 11) is 0. The van der Waals surface area contributed by atoms with Gasteiger partial charge in [-0.15, -0.1) is 0 Å². The molecule has 0 aromatic carbocycles. The van der Waals surface area contributed by atoms with Gasteiger partial charge in [0, 0.05) is 38.2 Å². The lowest BCUT2D eigenvalue weighted by molar-refractivity contribution is -0.146. The third-order valence-corrected chi connectivity index (χ3v) is 4.79. The van der Waals surface area contributed by atoms with E-state index in [9.17, 15) is 4.79 Å². The fourth-order valence-electron chi connectivity index (χ4n) is 3.51. The number of amides is 1. The summed E-state index contributed by atoms with van der Waals surface area (Å²) in [6.45, 7) is 3.98. The highest BCUT2D eigenvalue weighted by atomic mass is 16.6. The van der Waals surface area contributed by atoms with Gasteiger partial charge in [-0.25, -0.2) is 0 Å². The van der Waals surface area contributed by atoms with Crippen molar-refractivity contribution in [3.05, 3.63) is 54.6 Å². The van der Waals surface area contributed by atoms with Crippen LogP contribution in [-0.4, -0.2) is 65.8 Å². The second-order valence-corrected chi connectivity index (χ2v) is 6.78. The van der Waals surface area contributed by atoms with Crippen molar-refractivity contribution in [3.63, 3.8) is 0 Å². The molecule has 1 amide bonds. The lowest BCUT2D eigenvalue weighted by Crippen LogP contribution is -2.60. The minimum atomic E-state index is -0.534. The number of nitrogens with zero attached hydrogens (tertiary/aromatic N) is 4. The van der Waals surface area contributed by atoms with E-state index in [2.05, 4.69) is 14.9 Å². The van der Waals surface area contributed by atoms with Crippen LogP contribution >= 0.6 is 0 Å². The van der Waals surface area contributed by atoms with E-state index in [1.807, 2.05) is 24.3 Å². The van der Waals surface area contributed by atoms with Gasteiger partial charge >= 0.3 is 0 Å². The quantitative estimate of drug-likeness (QED) is 0.823. The lowest BCUT2D eigenvalue weighted by atomic mass is 10.0. The first-order valence-corrected chi connectivity index (χ1v) is 8.77. The second-order valence-electron chi connectivity index (χ2n) is 6.78. The van der Waals surface area contributed by atoms with Crippen molar-refractivity contribution in [2.75, 3.05) is 44.4 Å².